The summed E-state index contributed by atoms with van der Waals surface area (Å²) in [5.74, 6) is -1.13. The molecule has 226 valence electrons. The lowest BCUT2D eigenvalue weighted by molar-refractivity contribution is -0.190. The summed E-state index contributed by atoms with van der Waals surface area (Å²) in [6, 6.07) is 0. The van der Waals surface area contributed by atoms with Crippen molar-refractivity contribution in [1.82, 2.24) is 0 Å². The highest BCUT2D eigenvalue weighted by molar-refractivity contribution is 5.95. The van der Waals surface area contributed by atoms with Crippen molar-refractivity contribution in [2.75, 3.05) is 0 Å². The SMILES string of the molecule is CC(C)[C@@H](O)C[C@H]1OC(C)(C)O[C@]1(C)[C@H]1CC[C@@]2(O)C3=CC(=O)[C@@H]4C[C@H]5OC(C)(C)O[C@H]5C[C@]4(C)[C@H]3CC[C@]12C. The first-order valence-corrected chi connectivity index (χ1v) is 15.8. The van der Waals surface area contributed by atoms with Crippen LogP contribution in [0.1, 0.15) is 107 Å². The van der Waals surface area contributed by atoms with E-state index in [4.69, 9.17) is 18.9 Å². The number of hydrogen-bond donors (Lipinski definition) is 2. The van der Waals surface area contributed by atoms with Gasteiger partial charge >= 0.3 is 0 Å². The van der Waals surface area contributed by atoms with Gasteiger partial charge in [-0.2, -0.15) is 0 Å². The van der Waals surface area contributed by atoms with Gasteiger partial charge in [0.15, 0.2) is 17.4 Å². The number of aliphatic hydroxyl groups excluding tert-OH is 1. The van der Waals surface area contributed by atoms with Crippen molar-refractivity contribution in [3.63, 3.8) is 0 Å². The first-order chi connectivity index (χ1) is 18.4. The Labute approximate surface area is 240 Å². The van der Waals surface area contributed by atoms with E-state index in [0.717, 1.165) is 31.3 Å². The quantitative estimate of drug-likeness (QED) is 0.481. The predicted molar refractivity (Wildman–Crippen MR) is 150 cm³/mol. The standard InChI is InChI=1S/C33H52O7/c1-18(2)22(34)16-27-32(9,40-29(5,6)39-27)26-11-13-33(36)20-14-23(35)21-15-24-25(38-28(3,4)37-24)17-30(21,7)19(20)10-12-31(26,33)8/h14,18-19,21-22,24-27,34,36H,10-13,15-17H2,1-9H3/t19-,21-,22-,24+,25-,26-,27+,30+,31+,32+,33+/m0/s1. The smallest absolute Gasteiger partial charge is 0.164 e. The fourth-order valence-corrected chi connectivity index (χ4v) is 10.4. The van der Waals surface area contributed by atoms with E-state index in [1.165, 1.54) is 0 Å². The summed E-state index contributed by atoms with van der Waals surface area (Å²) in [5, 5.41) is 23.6. The molecule has 40 heavy (non-hydrogen) atoms. The molecule has 0 aromatic heterocycles. The topological polar surface area (TPSA) is 94.5 Å². The van der Waals surface area contributed by atoms with E-state index < -0.39 is 34.3 Å². The average Bonchev–Trinajstić information content (AvgIpc) is 3.36. The van der Waals surface area contributed by atoms with Crippen LogP contribution < -0.4 is 0 Å². The van der Waals surface area contributed by atoms with Crippen LogP contribution in [-0.2, 0) is 23.7 Å². The minimum absolute atomic E-state index is 0.0155. The second-order valence-electron chi connectivity index (χ2n) is 16.0. The number of carbonyl (C=O) groups is 1. The molecule has 3 saturated carbocycles. The van der Waals surface area contributed by atoms with Crippen LogP contribution in [0.15, 0.2) is 11.6 Å². The van der Waals surface area contributed by atoms with Crippen LogP contribution >= 0.6 is 0 Å². The number of rotatable bonds is 4. The Morgan fingerprint density at radius 1 is 0.925 bits per heavy atom. The third-order valence-electron chi connectivity index (χ3n) is 12.4. The van der Waals surface area contributed by atoms with E-state index in [9.17, 15) is 15.0 Å². The molecule has 0 aromatic carbocycles. The maximum Gasteiger partial charge on any atom is 0.164 e. The first kappa shape index (κ1) is 29.3. The largest absolute Gasteiger partial charge is 0.393 e. The van der Waals surface area contributed by atoms with Crippen LogP contribution in [0.5, 0.6) is 0 Å². The van der Waals surface area contributed by atoms with Crippen LogP contribution in [-0.4, -0.2) is 63.2 Å². The first-order valence-electron chi connectivity index (χ1n) is 15.8. The van der Waals surface area contributed by atoms with Crippen molar-refractivity contribution in [2.45, 2.75) is 154 Å². The minimum atomic E-state index is -1.09. The van der Waals surface area contributed by atoms with Gasteiger partial charge in [-0.1, -0.05) is 27.7 Å². The highest BCUT2D eigenvalue weighted by Gasteiger charge is 2.71. The molecule has 2 aliphatic heterocycles. The fourth-order valence-electron chi connectivity index (χ4n) is 10.4. The molecule has 0 radical (unpaired) electrons. The molecule has 0 aromatic rings. The van der Waals surface area contributed by atoms with Crippen molar-refractivity contribution < 1.29 is 34.0 Å². The second-order valence-corrected chi connectivity index (χ2v) is 16.0. The molecule has 7 heteroatoms. The van der Waals surface area contributed by atoms with E-state index in [2.05, 4.69) is 20.8 Å². The molecule has 5 fully saturated rings. The summed E-state index contributed by atoms with van der Waals surface area (Å²) in [5.41, 5.74) is -1.58. The summed E-state index contributed by atoms with van der Waals surface area (Å²) >= 11 is 0. The molecule has 6 aliphatic rings. The number of hydrogen-bond acceptors (Lipinski definition) is 7. The minimum Gasteiger partial charge on any atom is -0.393 e. The maximum atomic E-state index is 13.8. The fraction of sp³-hybridized carbons (Fsp3) is 0.909. The normalized spacial score (nSPS) is 51.6. The van der Waals surface area contributed by atoms with Crippen LogP contribution in [0.2, 0.25) is 0 Å². The van der Waals surface area contributed by atoms with Crippen LogP contribution in [0.4, 0.5) is 0 Å². The summed E-state index contributed by atoms with van der Waals surface area (Å²) in [6.45, 7) is 18.5. The average molecular weight is 561 g/mol. The summed E-state index contributed by atoms with van der Waals surface area (Å²) in [6.07, 6.45) is 6.06. The molecular weight excluding hydrogens is 508 g/mol. The lowest BCUT2D eigenvalue weighted by Crippen LogP contribution is -2.62. The van der Waals surface area contributed by atoms with Crippen molar-refractivity contribution in [1.29, 1.82) is 0 Å². The molecular formula is C33H52O7. The maximum absolute atomic E-state index is 13.8. The van der Waals surface area contributed by atoms with E-state index in [1.54, 1.807) is 0 Å². The molecule has 2 saturated heterocycles. The van der Waals surface area contributed by atoms with Gasteiger partial charge in [0.05, 0.1) is 35.6 Å². The Hall–Kier alpha value is -0.830. The summed E-state index contributed by atoms with van der Waals surface area (Å²) in [7, 11) is 0. The zero-order chi connectivity index (χ0) is 29.3. The third kappa shape index (κ3) is 4.01. The van der Waals surface area contributed by atoms with Gasteiger partial charge in [0.2, 0.25) is 0 Å². The van der Waals surface area contributed by atoms with Crippen LogP contribution in [0, 0.1) is 34.5 Å². The molecule has 7 nitrogen and oxygen atoms in total. The third-order valence-corrected chi connectivity index (χ3v) is 12.4. The van der Waals surface area contributed by atoms with Crippen molar-refractivity contribution in [3.05, 3.63) is 11.6 Å². The molecule has 4 aliphatic carbocycles. The highest BCUT2D eigenvalue weighted by atomic mass is 16.8. The molecule has 11 atom stereocenters. The number of ether oxygens (including phenoxy) is 4. The highest BCUT2D eigenvalue weighted by Crippen LogP contribution is 2.70. The Balaban J connectivity index is 1.34. The summed E-state index contributed by atoms with van der Waals surface area (Å²) in [4.78, 5) is 13.8. The van der Waals surface area contributed by atoms with Gasteiger partial charge < -0.3 is 29.2 Å². The Morgan fingerprint density at radius 3 is 2.27 bits per heavy atom. The van der Waals surface area contributed by atoms with Crippen LogP contribution in [0.3, 0.4) is 0 Å². The molecule has 0 unspecified atom stereocenters. The molecule has 0 spiro atoms. The van der Waals surface area contributed by atoms with Crippen molar-refractivity contribution in [2.24, 2.45) is 34.5 Å². The molecule has 0 amide bonds. The summed E-state index contributed by atoms with van der Waals surface area (Å²) < 4.78 is 25.7. The zero-order valence-corrected chi connectivity index (χ0v) is 26.1. The van der Waals surface area contributed by atoms with Gasteiger partial charge in [-0.3, -0.25) is 4.79 Å². The van der Waals surface area contributed by atoms with Gasteiger partial charge in [0.1, 0.15) is 0 Å². The van der Waals surface area contributed by atoms with E-state index in [-0.39, 0.29) is 53.2 Å². The van der Waals surface area contributed by atoms with E-state index >= 15 is 0 Å². The number of carbonyl (C=O) groups excluding carboxylic acids is 1. The van der Waals surface area contributed by atoms with Gasteiger partial charge in [-0.15, -0.1) is 0 Å². The number of fused-ring (bicyclic) bond motifs is 6. The predicted octanol–water partition coefficient (Wildman–Crippen LogP) is 5.31. The molecule has 2 N–H and O–H groups in total. The Morgan fingerprint density at radius 2 is 1.60 bits per heavy atom. The van der Waals surface area contributed by atoms with Gasteiger partial charge in [-0.25, -0.2) is 0 Å². The zero-order valence-electron chi connectivity index (χ0n) is 26.1. The Bertz CT molecular complexity index is 1100. The van der Waals surface area contributed by atoms with Gasteiger partial charge in [-0.05, 0) is 108 Å². The van der Waals surface area contributed by atoms with Crippen molar-refractivity contribution in [3.8, 4) is 0 Å². The van der Waals surface area contributed by atoms with E-state index in [1.807, 2.05) is 47.6 Å². The molecule has 6 rings (SSSR count). The lowest BCUT2D eigenvalue weighted by atomic mass is 9.45. The Kier molecular flexibility index (Phi) is 6.48. The number of allylic oxidation sites excluding steroid dienone is 1. The molecule has 2 heterocycles. The van der Waals surface area contributed by atoms with Gasteiger partial charge in [0, 0.05) is 17.8 Å². The monoisotopic (exact) mass is 560 g/mol. The lowest BCUT2D eigenvalue weighted by Gasteiger charge is -2.60. The number of ketones is 1. The van der Waals surface area contributed by atoms with E-state index in [0.29, 0.717) is 19.3 Å². The second kappa shape index (κ2) is 8.86. The van der Waals surface area contributed by atoms with Crippen molar-refractivity contribution >= 4 is 5.78 Å². The van der Waals surface area contributed by atoms with Crippen LogP contribution in [0.25, 0.3) is 0 Å². The van der Waals surface area contributed by atoms with Gasteiger partial charge in [0.25, 0.3) is 0 Å². The number of aliphatic hydroxyl groups is 2. The molecule has 0 bridgehead atoms.